The summed E-state index contributed by atoms with van der Waals surface area (Å²) >= 11 is 6.29. The van der Waals surface area contributed by atoms with E-state index in [0.717, 1.165) is 48.8 Å². The predicted octanol–water partition coefficient (Wildman–Crippen LogP) is 4.51. The van der Waals surface area contributed by atoms with Gasteiger partial charge in [0.1, 0.15) is 24.4 Å². The molecule has 0 unspecified atom stereocenters. The molecule has 2 aliphatic heterocycles. The third-order valence-electron chi connectivity index (χ3n) is 6.34. The molecule has 2 aromatic heterocycles. The Morgan fingerprint density at radius 1 is 1.21 bits per heavy atom. The second kappa shape index (κ2) is 9.58. The second-order valence-corrected chi connectivity index (χ2v) is 9.17. The second-order valence-electron chi connectivity index (χ2n) is 8.74. The lowest BCUT2D eigenvalue weighted by Crippen LogP contribution is -2.34. The van der Waals surface area contributed by atoms with Gasteiger partial charge in [0.15, 0.2) is 5.82 Å². The Hall–Kier alpha value is -3.20. The van der Waals surface area contributed by atoms with Crippen molar-refractivity contribution in [1.82, 2.24) is 24.6 Å². The van der Waals surface area contributed by atoms with E-state index in [9.17, 15) is 9.18 Å². The van der Waals surface area contributed by atoms with Gasteiger partial charge in [0.05, 0.1) is 18.8 Å². The molecule has 0 N–H and O–H groups in total. The Bertz CT molecular complexity index is 1170. The molecule has 0 aliphatic carbocycles. The third-order valence-corrected chi connectivity index (χ3v) is 6.58. The van der Waals surface area contributed by atoms with Gasteiger partial charge >= 0.3 is 6.09 Å². The van der Waals surface area contributed by atoms with Gasteiger partial charge in [-0.15, -0.1) is 10.2 Å². The molecular weight excluding hydrogens is 459 g/mol. The van der Waals surface area contributed by atoms with Gasteiger partial charge in [-0.05, 0) is 55.7 Å². The average Bonchev–Trinajstić information content (AvgIpc) is 3.20. The summed E-state index contributed by atoms with van der Waals surface area (Å²) in [6, 6.07) is 11.6. The van der Waals surface area contributed by atoms with E-state index in [1.165, 1.54) is 11.8 Å². The van der Waals surface area contributed by atoms with Crippen molar-refractivity contribution in [2.75, 3.05) is 24.7 Å². The highest BCUT2D eigenvalue weighted by atomic mass is 35.5. The average molecular weight is 485 g/mol. The van der Waals surface area contributed by atoms with E-state index >= 15 is 0 Å². The number of benzene rings is 1. The number of anilines is 1. The number of carbonyl (C=O) groups excluding carboxylic acids is 1. The van der Waals surface area contributed by atoms with Crippen LogP contribution in [0.2, 0.25) is 5.02 Å². The van der Waals surface area contributed by atoms with Crippen LogP contribution in [-0.4, -0.2) is 56.6 Å². The van der Waals surface area contributed by atoms with Crippen LogP contribution in [0.3, 0.4) is 0 Å². The summed E-state index contributed by atoms with van der Waals surface area (Å²) in [7, 11) is 0. The van der Waals surface area contributed by atoms with Crippen molar-refractivity contribution in [3.63, 3.8) is 0 Å². The van der Waals surface area contributed by atoms with Gasteiger partial charge in [-0.25, -0.2) is 14.2 Å². The number of aromatic nitrogens is 4. The predicted molar refractivity (Wildman–Crippen MR) is 126 cm³/mol. The largest absolute Gasteiger partial charge is 0.444 e. The summed E-state index contributed by atoms with van der Waals surface area (Å²) in [4.78, 5) is 21.0. The normalized spacial score (nSPS) is 17.0. The van der Waals surface area contributed by atoms with Gasteiger partial charge < -0.3 is 9.64 Å². The van der Waals surface area contributed by atoms with Crippen LogP contribution in [0.15, 0.2) is 42.6 Å². The monoisotopic (exact) mass is 484 g/mol. The van der Waals surface area contributed by atoms with Crippen LogP contribution in [0.4, 0.5) is 15.0 Å². The molecule has 34 heavy (non-hydrogen) atoms. The minimum atomic E-state index is -0.813. The van der Waals surface area contributed by atoms with E-state index in [2.05, 4.69) is 24.6 Å². The SMILES string of the molecule is C[C@@H](CF)OC(=O)N1Cc2cc(Cl)ccc2-n2c(nnc2C2CCN(c3ccccn3)CC2)C1. The number of amides is 1. The van der Waals surface area contributed by atoms with Gasteiger partial charge in [0.2, 0.25) is 0 Å². The van der Waals surface area contributed by atoms with E-state index in [1.54, 1.807) is 0 Å². The number of ether oxygens (including phenoxy) is 1. The zero-order valence-corrected chi connectivity index (χ0v) is 19.7. The van der Waals surface area contributed by atoms with Crippen LogP contribution in [0.25, 0.3) is 5.69 Å². The number of hydrogen-bond acceptors (Lipinski definition) is 6. The van der Waals surface area contributed by atoms with Crippen molar-refractivity contribution in [3.8, 4) is 5.69 Å². The van der Waals surface area contributed by atoms with E-state index in [0.29, 0.717) is 10.8 Å². The van der Waals surface area contributed by atoms with Crippen molar-refractivity contribution in [3.05, 3.63) is 64.8 Å². The minimum absolute atomic E-state index is 0.212. The molecule has 8 nitrogen and oxygen atoms in total. The number of alkyl halides is 1. The number of halogens is 2. The molecule has 1 fully saturated rings. The van der Waals surface area contributed by atoms with E-state index < -0.39 is 18.9 Å². The molecule has 1 atom stereocenters. The Balaban J connectivity index is 1.43. The molecule has 10 heteroatoms. The number of piperidine rings is 1. The molecule has 4 heterocycles. The molecule has 0 radical (unpaired) electrons. The summed E-state index contributed by atoms with van der Waals surface area (Å²) in [5.41, 5.74) is 1.77. The lowest BCUT2D eigenvalue weighted by atomic mass is 9.95. The maximum absolute atomic E-state index is 12.9. The molecule has 0 bridgehead atoms. The topological polar surface area (TPSA) is 76.4 Å². The van der Waals surface area contributed by atoms with E-state index in [4.69, 9.17) is 16.3 Å². The molecule has 178 valence electrons. The summed E-state index contributed by atoms with van der Waals surface area (Å²) in [5.74, 6) is 2.73. The number of nitrogens with zero attached hydrogens (tertiary/aromatic N) is 6. The van der Waals surface area contributed by atoms with E-state index in [-0.39, 0.29) is 19.0 Å². The summed E-state index contributed by atoms with van der Waals surface area (Å²) in [6.45, 7) is 3.03. The first-order chi connectivity index (χ1) is 16.5. The lowest BCUT2D eigenvalue weighted by Gasteiger charge is -2.32. The first-order valence-electron chi connectivity index (χ1n) is 11.4. The highest BCUT2D eigenvalue weighted by molar-refractivity contribution is 6.30. The standard InChI is InChI=1S/C24H26ClFN6O2/c1-16(13-26)34-24(33)31-14-18-12-19(25)5-6-20(18)32-22(15-31)28-29-23(32)17-7-10-30(11-8-17)21-4-2-3-9-27-21/h2-6,9,12,16-17H,7-8,10-11,13-15H2,1H3/t16-/m0/s1. The molecule has 0 saturated carbocycles. The summed E-state index contributed by atoms with van der Waals surface area (Å²) in [5, 5.41) is 9.59. The summed E-state index contributed by atoms with van der Waals surface area (Å²) in [6.07, 6.45) is 2.24. The van der Waals surface area contributed by atoms with Crippen LogP contribution in [-0.2, 0) is 17.8 Å². The van der Waals surface area contributed by atoms with Gasteiger partial charge in [-0.3, -0.25) is 9.47 Å². The molecule has 3 aromatic rings. The fraction of sp³-hybridized carbons (Fsp3) is 0.417. The van der Waals surface area contributed by atoms with Crippen molar-refractivity contribution >= 4 is 23.5 Å². The zero-order chi connectivity index (χ0) is 23.7. The van der Waals surface area contributed by atoms with Crippen LogP contribution in [0.1, 0.15) is 42.9 Å². The highest BCUT2D eigenvalue weighted by Crippen LogP contribution is 2.34. The fourth-order valence-electron chi connectivity index (χ4n) is 4.61. The van der Waals surface area contributed by atoms with Gasteiger partial charge in [0, 0.05) is 30.2 Å². The molecule has 2 aliphatic rings. The molecular formula is C24H26ClFN6O2. The van der Waals surface area contributed by atoms with Crippen LogP contribution < -0.4 is 4.90 Å². The van der Waals surface area contributed by atoms with Crippen LogP contribution in [0.5, 0.6) is 0 Å². The van der Waals surface area contributed by atoms with Gasteiger partial charge in [-0.1, -0.05) is 17.7 Å². The number of fused-ring (bicyclic) bond motifs is 3. The van der Waals surface area contributed by atoms with Crippen LogP contribution >= 0.6 is 11.6 Å². The van der Waals surface area contributed by atoms with E-state index in [1.807, 2.05) is 42.6 Å². The first-order valence-corrected chi connectivity index (χ1v) is 11.8. The highest BCUT2D eigenvalue weighted by Gasteiger charge is 2.32. The number of hydrogen-bond donors (Lipinski definition) is 0. The molecule has 0 spiro atoms. The Labute approximate surface area is 202 Å². The minimum Gasteiger partial charge on any atom is -0.444 e. The van der Waals surface area contributed by atoms with Crippen molar-refractivity contribution in [2.24, 2.45) is 0 Å². The molecule has 1 amide bonds. The van der Waals surface area contributed by atoms with Crippen molar-refractivity contribution in [2.45, 2.75) is 44.9 Å². The molecule has 1 aromatic carbocycles. The number of carbonyl (C=O) groups is 1. The summed E-state index contributed by atoms with van der Waals surface area (Å²) < 4.78 is 20.2. The van der Waals surface area contributed by atoms with Crippen LogP contribution in [0, 0.1) is 0 Å². The lowest BCUT2D eigenvalue weighted by molar-refractivity contribution is 0.0547. The van der Waals surface area contributed by atoms with Crippen molar-refractivity contribution < 1.29 is 13.9 Å². The van der Waals surface area contributed by atoms with Gasteiger partial charge in [0.25, 0.3) is 0 Å². The fourth-order valence-corrected chi connectivity index (χ4v) is 4.80. The Morgan fingerprint density at radius 3 is 2.76 bits per heavy atom. The third kappa shape index (κ3) is 4.44. The smallest absolute Gasteiger partial charge is 0.410 e. The number of rotatable bonds is 4. The first kappa shape index (κ1) is 22.6. The maximum atomic E-state index is 12.9. The quantitative estimate of drug-likeness (QED) is 0.542. The van der Waals surface area contributed by atoms with Crippen molar-refractivity contribution in [1.29, 1.82) is 0 Å². The molecule has 5 rings (SSSR count). The molecule has 1 saturated heterocycles. The Morgan fingerprint density at radius 2 is 2.03 bits per heavy atom. The zero-order valence-electron chi connectivity index (χ0n) is 18.9. The number of pyridine rings is 1. The maximum Gasteiger partial charge on any atom is 0.410 e. The Kier molecular flexibility index (Phi) is 6.36. The van der Waals surface area contributed by atoms with Gasteiger partial charge in [-0.2, -0.15) is 0 Å².